The molecule has 1 amide bonds. The van der Waals surface area contributed by atoms with Crippen molar-refractivity contribution in [1.82, 2.24) is 0 Å². The molecule has 2 aromatic carbocycles. The van der Waals surface area contributed by atoms with Crippen molar-refractivity contribution in [3.8, 4) is 6.07 Å². The van der Waals surface area contributed by atoms with Gasteiger partial charge in [0.2, 0.25) is 0 Å². The molecule has 26 heavy (non-hydrogen) atoms. The van der Waals surface area contributed by atoms with Crippen molar-refractivity contribution in [2.45, 2.75) is 6.92 Å². The average molecular weight is 389 g/mol. The first-order valence-corrected chi connectivity index (χ1v) is 8.25. The third-order valence-corrected chi connectivity index (χ3v) is 3.92. The maximum atomic E-state index is 12.0. The molecule has 0 radical (unpaired) electrons. The van der Waals surface area contributed by atoms with Gasteiger partial charge in [0, 0.05) is 0 Å². The van der Waals surface area contributed by atoms with E-state index in [1.54, 1.807) is 36.4 Å². The Hall–Kier alpha value is -2.81. The number of ether oxygens (including phenoxy) is 1. The van der Waals surface area contributed by atoms with E-state index in [4.69, 9.17) is 33.2 Å². The summed E-state index contributed by atoms with van der Waals surface area (Å²) in [5.41, 5.74) is 1.75. The summed E-state index contributed by atoms with van der Waals surface area (Å²) >= 11 is 11.9. The van der Waals surface area contributed by atoms with Crippen molar-refractivity contribution in [3.05, 3.63) is 69.2 Å². The van der Waals surface area contributed by atoms with Gasteiger partial charge in [0.1, 0.15) is 11.6 Å². The molecule has 0 fully saturated rings. The van der Waals surface area contributed by atoms with Gasteiger partial charge in [-0.3, -0.25) is 4.79 Å². The normalized spacial score (nSPS) is 10.8. The molecule has 0 aliphatic heterocycles. The Balaban J connectivity index is 1.99. The zero-order chi connectivity index (χ0) is 19.1. The van der Waals surface area contributed by atoms with Gasteiger partial charge in [-0.2, -0.15) is 5.26 Å². The average Bonchev–Trinajstić information content (AvgIpc) is 2.62. The molecule has 0 aliphatic carbocycles. The summed E-state index contributed by atoms with van der Waals surface area (Å²) in [7, 11) is 0. The Bertz CT molecular complexity index is 880. The van der Waals surface area contributed by atoms with E-state index in [0.717, 1.165) is 5.56 Å². The highest BCUT2D eigenvalue weighted by atomic mass is 35.5. The molecule has 0 atom stereocenters. The van der Waals surface area contributed by atoms with E-state index in [0.29, 0.717) is 5.56 Å². The van der Waals surface area contributed by atoms with Gasteiger partial charge in [0.05, 0.1) is 15.7 Å². The standard InChI is InChI=1S/C19H14Cl2N2O3/c1-12-5-7-13(8-6-12)9-14(10-22)19(25)26-11-17(24)23-18-15(20)3-2-4-16(18)21/h2-9H,11H2,1H3,(H,23,24)/b14-9+. The number of amides is 1. The molecule has 0 aliphatic rings. The second-order valence-electron chi connectivity index (χ2n) is 5.30. The number of para-hydroxylation sites is 1. The molecule has 0 aromatic heterocycles. The van der Waals surface area contributed by atoms with Crippen LogP contribution in [0.5, 0.6) is 0 Å². The van der Waals surface area contributed by atoms with Gasteiger partial charge in [-0.15, -0.1) is 0 Å². The largest absolute Gasteiger partial charge is 0.451 e. The van der Waals surface area contributed by atoms with E-state index >= 15 is 0 Å². The molecule has 2 rings (SSSR count). The summed E-state index contributed by atoms with van der Waals surface area (Å²) in [6.07, 6.45) is 1.39. The molecule has 0 bridgehead atoms. The van der Waals surface area contributed by atoms with Crippen molar-refractivity contribution in [1.29, 1.82) is 5.26 Å². The predicted octanol–water partition coefficient (Wildman–Crippen LogP) is 4.39. The van der Waals surface area contributed by atoms with Gasteiger partial charge in [0.25, 0.3) is 5.91 Å². The highest BCUT2D eigenvalue weighted by Crippen LogP contribution is 2.29. The van der Waals surface area contributed by atoms with Crippen molar-refractivity contribution in [2.24, 2.45) is 0 Å². The summed E-state index contributed by atoms with van der Waals surface area (Å²) in [4.78, 5) is 23.9. The molecular formula is C19H14Cl2N2O3. The Morgan fingerprint density at radius 3 is 2.35 bits per heavy atom. The summed E-state index contributed by atoms with van der Waals surface area (Å²) in [5.74, 6) is -1.52. The van der Waals surface area contributed by atoms with Crippen LogP contribution in [0.4, 0.5) is 5.69 Å². The molecular weight excluding hydrogens is 375 g/mol. The number of benzene rings is 2. The molecule has 5 nitrogen and oxygen atoms in total. The number of nitrogens with one attached hydrogen (secondary N) is 1. The Labute approximate surface area is 160 Å². The van der Waals surface area contributed by atoms with Crippen LogP contribution in [0.1, 0.15) is 11.1 Å². The minimum Gasteiger partial charge on any atom is -0.451 e. The summed E-state index contributed by atoms with van der Waals surface area (Å²) < 4.78 is 4.88. The smallest absolute Gasteiger partial charge is 0.349 e. The first-order valence-electron chi connectivity index (χ1n) is 7.50. The number of hydrogen-bond donors (Lipinski definition) is 1. The van der Waals surface area contributed by atoms with Crippen LogP contribution in [0.2, 0.25) is 10.0 Å². The van der Waals surface area contributed by atoms with Gasteiger partial charge >= 0.3 is 5.97 Å². The van der Waals surface area contributed by atoms with Crippen molar-refractivity contribution in [2.75, 3.05) is 11.9 Å². The van der Waals surface area contributed by atoms with Crippen molar-refractivity contribution < 1.29 is 14.3 Å². The van der Waals surface area contributed by atoms with Crippen LogP contribution in [0.3, 0.4) is 0 Å². The zero-order valence-corrected chi connectivity index (χ0v) is 15.3. The quantitative estimate of drug-likeness (QED) is 0.467. The second kappa shape index (κ2) is 9.04. The molecule has 0 spiro atoms. The van der Waals surface area contributed by atoms with Gasteiger partial charge in [0.15, 0.2) is 6.61 Å². The van der Waals surface area contributed by atoms with E-state index in [1.807, 2.05) is 19.1 Å². The number of hydrogen-bond acceptors (Lipinski definition) is 4. The maximum absolute atomic E-state index is 12.0. The number of nitrogens with zero attached hydrogens (tertiary/aromatic N) is 1. The van der Waals surface area contributed by atoms with Crippen molar-refractivity contribution >= 4 is 46.8 Å². The predicted molar refractivity (Wildman–Crippen MR) is 101 cm³/mol. The zero-order valence-electron chi connectivity index (χ0n) is 13.8. The lowest BCUT2D eigenvalue weighted by molar-refractivity contribution is -0.142. The van der Waals surface area contributed by atoms with E-state index in [9.17, 15) is 9.59 Å². The minimum atomic E-state index is -0.895. The molecule has 0 heterocycles. The molecule has 2 aromatic rings. The van der Waals surface area contributed by atoms with Gasteiger partial charge < -0.3 is 10.1 Å². The van der Waals surface area contributed by atoms with Crippen LogP contribution in [0.25, 0.3) is 6.08 Å². The number of nitriles is 1. The fraction of sp³-hybridized carbons (Fsp3) is 0.105. The number of carbonyl (C=O) groups is 2. The highest BCUT2D eigenvalue weighted by molar-refractivity contribution is 6.39. The fourth-order valence-corrected chi connectivity index (χ4v) is 2.46. The van der Waals surface area contributed by atoms with E-state index < -0.39 is 18.5 Å². The van der Waals surface area contributed by atoms with Crippen LogP contribution >= 0.6 is 23.2 Å². The van der Waals surface area contributed by atoms with Crippen LogP contribution < -0.4 is 5.32 Å². The number of esters is 1. The monoisotopic (exact) mass is 388 g/mol. The minimum absolute atomic E-state index is 0.211. The number of carbonyl (C=O) groups excluding carboxylic acids is 2. The van der Waals surface area contributed by atoms with E-state index in [-0.39, 0.29) is 21.3 Å². The van der Waals surface area contributed by atoms with E-state index in [2.05, 4.69) is 5.32 Å². The first kappa shape index (κ1) is 19.5. The molecule has 0 saturated carbocycles. The molecule has 7 heteroatoms. The molecule has 132 valence electrons. The van der Waals surface area contributed by atoms with Gasteiger partial charge in [-0.1, -0.05) is 59.1 Å². The third-order valence-electron chi connectivity index (χ3n) is 3.29. The highest BCUT2D eigenvalue weighted by Gasteiger charge is 2.15. The molecule has 1 N–H and O–H groups in total. The Morgan fingerprint density at radius 1 is 1.15 bits per heavy atom. The van der Waals surface area contributed by atoms with Crippen LogP contribution in [-0.2, 0) is 14.3 Å². The van der Waals surface area contributed by atoms with E-state index in [1.165, 1.54) is 6.08 Å². The molecule has 0 unspecified atom stereocenters. The first-order chi connectivity index (χ1) is 12.4. The maximum Gasteiger partial charge on any atom is 0.349 e. The van der Waals surface area contributed by atoms with Gasteiger partial charge in [-0.05, 0) is 30.7 Å². The lowest BCUT2D eigenvalue weighted by Crippen LogP contribution is -2.21. The Kier molecular flexibility index (Phi) is 6.79. The number of rotatable bonds is 5. The summed E-state index contributed by atoms with van der Waals surface area (Å²) in [6.45, 7) is 1.35. The summed E-state index contributed by atoms with van der Waals surface area (Å²) in [5, 5.41) is 12.1. The number of halogens is 2. The number of aryl methyl sites for hydroxylation is 1. The van der Waals surface area contributed by atoms with Crippen LogP contribution in [0.15, 0.2) is 48.0 Å². The third kappa shape index (κ3) is 5.35. The molecule has 0 saturated heterocycles. The van der Waals surface area contributed by atoms with Crippen molar-refractivity contribution in [3.63, 3.8) is 0 Å². The topological polar surface area (TPSA) is 79.2 Å². The summed E-state index contributed by atoms with van der Waals surface area (Å²) in [6, 6.07) is 13.8. The fourth-order valence-electron chi connectivity index (χ4n) is 1.97. The van der Waals surface area contributed by atoms with Crippen LogP contribution in [-0.4, -0.2) is 18.5 Å². The lowest BCUT2D eigenvalue weighted by Gasteiger charge is -2.09. The Morgan fingerprint density at radius 2 is 1.77 bits per heavy atom. The second-order valence-corrected chi connectivity index (χ2v) is 6.12. The lowest BCUT2D eigenvalue weighted by atomic mass is 10.1. The van der Waals surface area contributed by atoms with Gasteiger partial charge in [-0.25, -0.2) is 4.79 Å². The number of anilines is 1. The van der Waals surface area contributed by atoms with Crippen LogP contribution in [0, 0.1) is 18.3 Å². The SMILES string of the molecule is Cc1ccc(/C=C(\C#N)C(=O)OCC(=O)Nc2c(Cl)cccc2Cl)cc1.